The van der Waals surface area contributed by atoms with Crippen LogP contribution in [-0.2, 0) is 0 Å². The second-order valence-electron chi connectivity index (χ2n) is 10.0. The number of benzene rings is 1. The first-order valence-corrected chi connectivity index (χ1v) is 12.4. The summed E-state index contributed by atoms with van der Waals surface area (Å²) >= 11 is 0. The van der Waals surface area contributed by atoms with E-state index in [2.05, 4.69) is 154 Å². The summed E-state index contributed by atoms with van der Waals surface area (Å²) in [5, 5.41) is 1.19. The summed E-state index contributed by atoms with van der Waals surface area (Å²) in [6, 6.07) is 31.3. The molecule has 0 heterocycles. The van der Waals surface area contributed by atoms with Gasteiger partial charge in [0, 0.05) is 51.7 Å². The van der Waals surface area contributed by atoms with E-state index in [0.717, 1.165) is 0 Å². The molecule has 5 rings (SSSR count). The van der Waals surface area contributed by atoms with Crippen LogP contribution >= 0.6 is 0 Å². The quantitative estimate of drug-likeness (QED) is 0.340. The van der Waals surface area contributed by atoms with Crippen LogP contribution in [0.4, 0.5) is 11.4 Å². The number of rotatable bonds is 4. The Morgan fingerprint density at radius 3 is 1.83 bits per heavy atom. The van der Waals surface area contributed by atoms with E-state index in [1.165, 1.54) is 61.3 Å². The molecule has 3 nitrogen and oxygen atoms in total. The topological polar surface area (TPSA) is 9.49 Å². The molecule has 0 saturated carbocycles. The van der Waals surface area contributed by atoms with E-state index in [9.17, 15) is 0 Å². The van der Waals surface area contributed by atoms with Crippen molar-refractivity contribution in [3.63, 3.8) is 0 Å². The Morgan fingerprint density at radius 1 is 0.583 bits per heavy atom. The van der Waals surface area contributed by atoms with Crippen molar-refractivity contribution in [3.8, 4) is 11.1 Å². The third kappa shape index (κ3) is 4.33. The molecule has 0 aromatic heterocycles. The molecule has 3 aliphatic rings. The minimum Gasteiger partial charge on any atom is -0.378 e. The largest absolute Gasteiger partial charge is 0.378 e. The van der Waals surface area contributed by atoms with E-state index in [0.29, 0.717) is 0 Å². The summed E-state index contributed by atoms with van der Waals surface area (Å²) in [5.41, 5.74) is 12.4. The minimum absolute atomic E-state index is 1.19. The van der Waals surface area contributed by atoms with Crippen molar-refractivity contribution in [2.75, 3.05) is 52.1 Å². The molecular formula is C33H34N3+. The van der Waals surface area contributed by atoms with Gasteiger partial charge in [0.15, 0.2) is 5.36 Å². The number of fused-ring (bicyclic) bond motifs is 2. The van der Waals surface area contributed by atoms with Crippen LogP contribution in [0.1, 0.15) is 22.3 Å². The number of anilines is 2. The van der Waals surface area contributed by atoms with E-state index in [4.69, 9.17) is 0 Å². The maximum absolute atomic E-state index is 2.28. The van der Waals surface area contributed by atoms with Crippen LogP contribution in [-0.4, -0.2) is 42.3 Å². The van der Waals surface area contributed by atoms with Crippen molar-refractivity contribution >= 4 is 28.6 Å². The molecule has 0 unspecified atom stereocenters. The van der Waals surface area contributed by atoms with Crippen LogP contribution < -0.4 is 19.7 Å². The molecule has 3 aliphatic carbocycles. The SMILES string of the molecule is CN(C)c1ccc(C(=C2C=Cc3ccc(=[N+](C)C)ccc32)c2ccc3ccc(N(C)C)ccc2-3)cc1. The molecule has 3 heteroatoms. The van der Waals surface area contributed by atoms with Crippen molar-refractivity contribution in [3.05, 3.63) is 119 Å². The van der Waals surface area contributed by atoms with Gasteiger partial charge in [-0.25, -0.2) is 4.58 Å². The fourth-order valence-electron chi connectivity index (χ4n) is 4.89. The van der Waals surface area contributed by atoms with Crippen LogP contribution in [0.3, 0.4) is 0 Å². The van der Waals surface area contributed by atoms with Crippen molar-refractivity contribution in [1.82, 2.24) is 4.58 Å². The predicted molar refractivity (Wildman–Crippen MR) is 157 cm³/mol. The molecule has 0 atom stereocenters. The molecule has 2 aromatic rings. The fourth-order valence-corrected chi connectivity index (χ4v) is 4.89. The van der Waals surface area contributed by atoms with Gasteiger partial charge >= 0.3 is 0 Å². The van der Waals surface area contributed by atoms with Gasteiger partial charge in [-0.1, -0.05) is 48.6 Å². The molecule has 2 aromatic carbocycles. The van der Waals surface area contributed by atoms with Gasteiger partial charge < -0.3 is 9.80 Å². The van der Waals surface area contributed by atoms with Crippen molar-refractivity contribution in [1.29, 1.82) is 0 Å². The highest BCUT2D eigenvalue weighted by Crippen LogP contribution is 2.43. The summed E-state index contributed by atoms with van der Waals surface area (Å²) < 4.78 is 2.15. The van der Waals surface area contributed by atoms with Crippen LogP contribution in [0.15, 0.2) is 91.0 Å². The maximum Gasteiger partial charge on any atom is 0.199 e. The van der Waals surface area contributed by atoms with Gasteiger partial charge in [0.2, 0.25) is 0 Å². The fraction of sp³-hybridized carbons (Fsp3) is 0.182. The summed E-state index contributed by atoms with van der Waals surface area (Å²) in [6.07, 6.45) is 4.52. The molecule has 0 amide bonds. The molecule has 0 spiro atoms. The van der Waals surface area contributed by atoms with E-state index >= 15 is 0 Å². The first-order chi connectivity index (χ1) is 17.3. The van der Waals surface area contributed by atoms with E-state index in [1.54, 1.807) is 0 Å². The van der Waals surface area contributed by atoms with Gasteiger partial charge in [-0.05, 0) is 80.9 Å². The van der Waals surface area contributed by atoms with Gasteiger partial charge in [0.05, 0.1) is 0 Å². The first kappa shape index (κ1) is 23.6. The molecule has 0 radical (unpaired) electrons. The highest BCUT2D eigenvalue weighted by Gasteiger charge is 2.21. The Labute approximate surface area is 214 Å². The van der Waals surface area contributed by atoms with E-state index < -0.39 is 0 Å². The third-order valence-electron chi connectivity index (χ3n) is 7.01. The second kappa shape index (κ2) is 9.50. The molecule has 0 N–H and O–H groups in total. The lowest BCUT2D eigenvalue weighted by atomic mass is 9.89. The Hall–Kier alpha value is -4.11. The molecule has 0 bridgehead atoms. The Balaban J connectivity index is 1.79. The summed E-state index contributed by atoms with van der Waals surface area (Å²) in [5.74, 6) is 0. The Morgan fingerprint density at radius 2 is 1.17 bits per heavy atom. The average molecular weight is 473 g/mol. The average Bonchev–Trinajstić information content (AvgIpc) is 3.27. The number of nitrogens with zero attached hydrogens (tertiary/aromatic N) is 3. The third-order valence-corrected chi connectivity index (χ3v) is 7.01. The maximum atomic E-state index is 2.28. The zero-order valence-electron chi connectivity index (χ0n) is 22.1. The highest BCUT2D eigenvalue weighted by atomic mass is 15.1. The van der Waals surface area contributed by atoms with Crippen molar-refractivity contribution in [2.45, 2.75) is 0 Å². The lowest BCUT2D eigenvalue weighted by Crippen LogP contribution is -2.19. The normalized spacial score (nSPS) is 13.5. The van der Waals surface area contributed by atoms with Crippen LogP contribution in [0.5, 0.6) is 0 Å². The molecule has 0 fully saturated rings. The lowest BCUT2D eigenvalue weighted by molar-refractivity contribution is 0.814. The van der Waals surface area contributed by atoms with E-state index in [-0.39, 0.29) is 0 Å². The van der Waals surface area contributed by atoms with Gasteiger partial charge in [0.25, 0.3) is 0 Å². The van der Waals surface area contributed by atoms with Gasteiger partial charge in [-0.15, -0.1) is 0 Å². The Bertz CT molecular complexity index is 1530. The smallest absolute Gasteiger partial charge is 0.199 e. The zero-order chi connectivity index (χ0) is 25.4. The standard InChI is InChI=1S/C33H34N3/c1-34(2)26-15-9-25(10-16-26)33(31-19-11-23-7-13-27(35(3)4)17-21-29(23)31)32-20-12-24-8-14-28(36(5)6)18-22-30(24)32/h7-22H,1-6H3/q+1. The van der Waals surface area contributed by atoms with Gasteiger partial charge in [-0.3, -0.25) is 0 Å². The number of hydrogen-bond donors (Lipinski definition) is 0. The van der Waals surface area contributed by atoms with Crippen LogP contribution in [0.25, 0.3) is 28.3 Å². The minimum atomic E-state index is 1.19. The van der Waals surface area contributed by atoms with Crippen LogP contribution in [0, 0.1) is 0 Å². The first-order valence-electron chi connectivity index (χ1n) is 12.4. The van der Waals surface area contributed by atoms with E-state index in [1.807, 2.05) is 0 Å². The Kier molecular flexibility index (Phi) is 6.24. The van der Waals surface area contributed by atoms with Gasteiger partial charge in [-0.2, -0.15) is 0 Å². The molecule has 180 valence electrons. The molecular weight excluding hydrogens is 438 g/mol. The summed E-state index contributed by atoms with van der Waals surface area (Å²) in [4.78, 5) is 4.29. The second-order valence-corrected chi connectivity index (χ2v) is 10.0. The van der Waals surface area contributed by atoms with Crippen molar-refractivity contribution in [2.24, 2.45) is 0 Å². The molecule has 0 aliphatic heterocycles. The van der Waals surface area contributed by atoms with Crippen molar-refractivity contribution < 1.29 is 0 Å². The predicted octanol–water partition coefficient (Wildman–Crippen LogP) is 5.94. The van der Waals surface area contributed by atoms with Crippen LogP contribution in [0.2, 0.25) is 0 Å². The highest BCUT2D eigenvalue weighted by molar-refractivity contribution is 6.10. The summed E-state index contributed by atoms with van der Waals surface area (Å²) in [6.45, 7) is 0. The summed E-state index contributed by atoms with van der Waals surface area (Å²) in [7, 11) is 12.5. The molecule has 0 saturated heterocycles. The zero-order valence-corrected chi connectivity index (χ0v) is 22.1. The van der Waals surface area contributed by atoms with Gasteiger partial charge in [0.1, 0.15) is 14.1 Å². The molecule has 36 heavy (non-hydrogen) atoms. The number of allylic oxidation sites excluding steroid dienone is 2. The monoisotopic (exact) mass is 472 g/mol. The lowest BCUT2D eigenvalue weighted by Gasteiger charge is -2.16. The number of hydrogen-bond acceptors (Lipinski definition) is 2.